The average molecular weight is 485 g/mol. The van der Waals surface area contributed by atoms with E-state index in [1.807, 2.05) is 48.5 Å². The molecule has 0 saturated heterocycles. The monoisotopic (exact) mass is 484 g/mol. The summed E-state index contributed by atoms with van der Waals surface area (Å²) in [6.07, 6.45) is 4.73. The zero-order chi connectivity index (χ0) is 25.3. The Morgan fingerprint density at radius 2 is 1.67 bits per heavy atom. The molecule has 182 valence electrons. The Kier molecular flexibility index (Phi) is 5.97. The Morgan fingerprint density at radius 3 is 2.25 bits per heavy atom. The predicted molar refractivity (Wildman–Crippen MR) is 131 cm³/mol. The van der Waals surface area contributed by atoms with Gasteiger partial charge in [0.2, 0.25) is 0 Å². The Hall–Kier alpha value is -4.53. The van der Waals surface area contributed by atoms with Crippen LogP contribution in [0.15, 0.2) is 71.6 Å². The number of benzene rings is 2. The van der Waals surface area contributed by atoms with Crippen LogP contribution in [0.2, 0.25) is 0 Å². The molecular weight excluding hydrogens is 460 g/mol. The lowest BCUT2D eigenvalue weighted by Crippen LogP contribution is -2.19. The van der Waals surface area contributed by atoms with Crippen LogP contribution in [0.25, 0.3) is 22.5 Å². The van der Waals surface area contributed by atoms with Crippen molar-refractivity contribution in [3.05, 3.63) is 84.1 Å². The molecule has 1 aliphatic carbocycles. The molecule has 9 heteroatoms. The van der Waals surface area contributed by atoms with Gasteiger partial charge in [-0.25, -0.2) is 4.79 Å². The maximum Gasteiger partial charge on any atom is 0.412 e. The first-order chi connectivity index (χ1) is 17.4. The zero-order valence-electron chi connectivity index (χ0n) is 19.8. The van der Waals surface area contributed by atoms with Gasteiger partial charge in [-0.3, -0.25) is 20.1 Å². The minimum Gasteiger partial charge on any atom is -0.481 e. The molecular formula is C27H24N4O5. The molecule has 9 nitrogen and oxygen atoms in total. The van der Waals surface area contributed by atoms with Gasteiger partial charge in [-0.1, -0.05) is 53.7 Å². The third kappa shape index (κ3) is 4.43. The van der Waals surface area contributed by atoms with Crippen molar-refractivity contribution < 1.29 is 24.0 Å². The summed E-state index contributed by atoms with van der Waals surface area (Å²) in [4.78, 5) is 32.2. The van der Waals surface area contributed by atoms with E-state index in [1.165, 1.54) is 6.20 Å². The number of aryl methyl sites for hydroxylation is 1. The minimum absolute atomic E-state index is 0.413. The van der Waals surface area contributed by atoms with E-state index >= 15 is 0 Å². The number of hydrogen-bond donors (Lipinski definition) is 2. The van der Waals surface area contributed by atoms with Gasteiger partial charge in [0, 0.05) is 18.0 Å². The first-order valence-corrected chi connectivity index (χ1v) is 11.5. The molecule has 1 aliphatic rings. The average Bonchev–Trinajstić information content (AvgIpc) is 3.64. The first-order valence-electron chi connectivity index (χ1n) is 11.5. The van der Waals surface area contributed by atoms with Crippen LogP contribution in [-0.2, 0) is 14.9 Å². The number of aromatic nitrogens is 3. The van der Waals surface area contributed by atoms with Crippen molar-refractivity contribution in [2.75, 3.05) is 5.32 Å². The molecule has 1 amide bonds. The number of aliphatic carboxylic acids is 1. The van der Waals surface area contributed by atoms with Gasteiger partial charge in [-0.2, -0.15) is 0 Å². The smallest absolute Gasteiger partial charge is 0.412 e. The van der Waals surface area contributed by atoms with Gasteiger partial charge in [0.15, 0.2) is 5.76 Å². The van der Waals surface area contributed by atoms with Crippen LogP contribution in [0, 0.1) is 6.92 Å². The lowest BCUT2D eigenvalue weighted by atomic mass is 9.93. The van der Waals surface area contributed by atoms with Crippen molar-refractivity contribution >= 4 is 17.7 Å². The summed E-state index contributed by atoms with van der Waals surface area (Å²) in [5.41, 5.74) is 4.26. The van der Waals surface area contributed by atoms with Gasteiger partial charge in [0.05, 0.1) is 17.3 Å². The molecule has 0 aliphatic heterocycles. The van der Waals surface area contributed by atoms with Gasteiger partial charge in [-0.05, 0) is 43.4 Å². The van der Waals surface area contributed by atoms with Crippen molar-refractivity contribution in [1.82, 2.24) is 15.1 Å². The Bertz CT molecular complexity index is 1390. The second kappa shape index (κ2) is 9.26. The number of amides is 1. The van der Waals surface area contributed by atoms with E-state index in [9.17, 15) is 14.7 Å². The third-order valence-corrected chi connectivity index (χ3v) is 6.45. The Morgan fingerprint density at radius 1 is 1.03 bits per heavy atom. The van der Waals surface area contributed by atoms with Crippen molar-refractivity contribution in [3.8, 4) is 22.5 Å². The Labute approximate surface area is 207 Å². The van der Waals surface area contributed by atoms with Crippen LogP contribution >= 0.6 is 0 Å². The van der Waals surface area contributed by atoms with Gasteiger partial charge >= 0.3 is 12.1 Å². The highest BCUT2D eigenvalue weighted by atomic mass is 16.6. The number of hydrogen-bond acceptors (Lipinski definition) is 7. The number of carboxylic acid groups (broad SMARTS) is 1. The molecule has 4 aromatic rings. The van der Waals surface area contributed by atoms with Crippen molar-refractivity contribution in [1.29, 1.82) is 0 Å². The maximum atomic E-state index is 12.5. The highest BCUT2D eigenvalue weighted by Gasteiger charge is 2.51. The number of carbonyl (C=O) groups excluding carboxylic acids is 1. The van der Waals surface area contributed by atoms with E-state index in [4.69, 9.17) is 9.26 Å². The van der Waals surface area contributed by atoms with Gasteiger partial charge in [-0.15, -0.1) is 0 Å². The molecule has 2 N–H and O–H groups in total. The number of nitrogens with one attached hydrogen (secondary N) is 1. The molecule has 1 fully saturated rings. The lowest BCUT2D eigenvalue weighted by Gasteiger charge is -2.13. The summed E-state index contributed by atoms with van der Waals surface area (Å²) in [5, 5.41) is 16.2. The molecule has 0 bridgehead atoms. The van der Waals surface area contributed by atoms with Crippen LogP contribution in [-0.4, -0.2) is 32.3 Å². The van der Waals surface area contributed by atoms with E-state index < -0.39 is 23.6 Å². The molecule has 2 aromatic heterocycles. The van der Waals surface area contributed by atoms with Gasteiger partial charge < -0.3 is 14.4 Å². The molecule has 5 rings (SSSR count). The van der Waals surface area contributed by atoms with E-state index in [-0.39, 0.29) is 0 Å². The second-order valence-corrected chi connectivity index (χ2v) is 8.82. The minimum atomic E-state index is -0.765. The molecule has 0 radical (unpaired) electrons. The quantitative estimate of drug-likeness (QED) is 0.350. The predicted octanol–water partition coefficient (Wildman–Crippen LogP) is 5.53. The van der Waals surface area contributed by atoms with E-state index in [2.05, 4.69) is 20.4 Å². The standard InChI is InChI=1S/C27H24N4O5/c1-16-23(30-26(34)35-17(2)22-15-28-13-14-29-22)24(36-31-16)20-5-3-18(4-6-20)19-7-9-21(10-8-19)27(11-12-27)25(32)33/h3-10,13-15,17H,11-12H2,1-2H3,(H,30,34)(H,32,33). The number of carbonyl (C=O) groups is 2. The number of nitrogens with zero attached hydrogens (tertiary/aromatic N) is 3. The number of carboxylic acids is 1. The largest absolute Gasteiger partial charge is 0.481 e. The number of rotatable bonds is 7. The van der Waals surface area contributed by atoms with Crippen LogP contribution in [0.1, 0.15) is 42.8 Å². The zero-order valence-corrected chi connectivity index (χ0v) is 19.8. The molecule has 1 saturated carbocycles. The summed E-state index contributed by atoms with van der Waals surface area (Å²) < 4.78 is 10.9. The van der Waals surface area contributed by atoms with E-state index in [0.29, 0.717) is 35.7 Å². The fourth-order valence-electron chi connectivity index (χ4n) is 4.13. The molecule has 1 atom stereocenters. The lowest BCUT2D eigenvalue weighted by molar-refractivity contribution is -0.140. The highest BCUT2D eigenvalue weighted by molar-refractivity contribution is 5.91. The van der Waals surface area contributed by atoms with Crippen LogP contribution in [0.5, 0.6) is 0 Å². The molecule has 1 unspecified atom stereocenters. The van der Waals surface area contributed by atoms with Crippen molar-refractivity contribution in [3.63, 3.8) is 0 Å². The molecule has 2 heterocycles. The topological polar surface area (TPSA) is 127 Å². The van der Waals surface area contributed by atoms with Gasteiger partial charge in [0.25, 0.3) is 0 Å². The third-order valence-electron chi connectivity index (χ3n) is 6.45. The highest BCUT2D eigenvalue weighted by Crippen LogP contribution is 2.48. The van der Waals surface area contributed by atoms with Crippen molar-refractivity contribution in [2.24, 2.45) is 0 Å². The summed E-state index contributed by atoms with van der Waals surface area (Å²) in [7, 11) is 0. The summed E-state index contributed by atoms with van der Waals surface area (Å²) >= 11 is 0. The fourth-order valence-corrected chi connectivity index (χ4v) is 4.13. The summed E-state index contributed by atoms with van der Waals surface area (Å²) in [6, 6.07) is 15.3. The Balaban J connectivity index is 1.30. The van der Waals surface area contributed by atoms with E-state index in [1.54, 1.807) is 26.2 Å². The van der Waals surface area contributed by atoms with Crippen molar-refractivity contribution in [2.45, 2.75) is 38.2 Å². The fraction of sp³-hybridized carbons (Fsp3) is 0.222. The van der Waals surface area contributed by atoms with E-state index in [0.717, 1.165) is 22.3 Å². The summed E-state index contributed by atoms with van der Waals surface area (Å²) in [5.74, 6) is -0.353. The number of anilines is 1. The molecule has 2 aromatic carbocycles. The maximum absolute atomic E-state index is 12.5. The molecule has 36 heavy (non-hydrogen) atoms. The molecule has 0 spiro atoms. The SMILES string of the molecule is Cc1noc(-c2ccc(-c3ccc(C4(C(=O)O)CC4)cc3)cc2)c1NC(=O)OC(C)c1cnccn1. The van der Waals surface area contributed by atoms with Gasteiger partial charge in [0.1, 0.15) is 17.5 Å². The first kappa shape index (κ1) is 23.2. The van der Waals surface area contributed by atoms with Crippen LogP contribution < -0.4 is 5.32 Å². The normalized spacial score (nSPS) is 14.6. The summed E-state index contributed by atoms with van der Waals surface area (Å²) in [6.45, 7) is 3.44. The second-order valence-electron chi connectivity index (χ2n) is 8.82. The van der Waals surface area contributed by atoms with Crippen LogP contribution in [0.4, 0.5) is 10.5 Å². The number of ether oxygens (including phenoxy) is 1. The van der Waals surface area contributed by atoms with Crippen LogP contribution in [0.3, 0.4) is 0 Å².